The third-order valence-corrected chi connectivity index (χ3v) is 3.25. The molecular weight excluding hydrogens is 246 g/mol. The summed E-state index contributed by atoms with van der Waals surface area (Å²) in [6, 6.07) is 5.85. The molecule has 0 spiro atoms. The molecule has 98 valence electrons. The zero-order chi connectivity index (χ0) is 13.3. The molecule has 0 aliphatic rings. The summed E-state index contributed by atoms with van der Waals surface area (Å²) < 4.78 is 2.09. The third kappa shape index (κ3) is 2.85. The number of fused-ring (bicyclic) bond motifs is 1. The van der Waals surface area contributed by atoms with Gasteiger partial charge in [0.1, 0.15) is 5.82 Å². The number of aryl methyl sites for hydroxylation is 1. The number of para-hydroxylation sites is 1. The minimum absolute atomic E-state index is 0.141. The fourth-order valence-corrected chi connectivity index (χ4v) is 2.34. The van der Waals surface area contributed by atoms with E-state index < -0.39 is 0 Å². The molecule has 0 radical (unpaired) electrons. The molecule has 1 N–H and O–H groups in total. The topological polar surface area (TPSA) is 29.9 Å². The minimum Gasteiger partial charge on any atom is -0.330 e. The summed E-state index contributed by atoms with van der Waals surface area (Å²) in [5.41, 5.74) is 2.13. The van der Waals surface area contributed by atoms with Crippen LogP contribution in [0.3, 0.4) is 0 Å². The van der Waals surface area contributed by atoms with Crippen molar-refractivity contribution in [2.24, 2.45) is 7.05 Å². The Morgan fingerprint density at radius 2 is 2.06 bits per heavy atom. The molecule has 0 amide bonds. The number of nitrogens with one attached hydrogen (secondary N) is 1. The second kappa shape index (κ2) is 4.90. The molecule has 0 saturated heterocycles. The molecule has 2 aromatic rings. The number of benzene rings is 1. The Morgan fingerprint density at radius 3 is 2.67 bits per heavy atom. The van der Waals surface area contributed by atoms with Crippen LogP contribution in [0.15, 0.2) is 18.2 Å². The summed E-state index contributed by atoms with van der Waals surface area (Å²) in [6.07, 6.45) is 0.902. The van der Waals surface area contributed by atoms with Gasteiger partial charge in [-0.25, -0.2) is 4.98 Å². The van der Waals surface area contributed by atoms with Crippen LogP contribution >= 0.6 is 11.6 Å². The summed E-state index contributed by atoms with van der Waals surface area (Å²) in [5.74, 6) is 1.06. The van der Waals surface area contributed by atoms with E-state index in [9.17, 15) is 0 Å². The highest BCUT2D eigenvalue weighted by Gasteiger charge is 2.12. The molecule has 2 rings (SSSR count). The first-order valence-electron chi connectivity index (χ1n) is 6.23. The van der Waals surface area contributed by atoms with Crippen LogP contribution in [0.1, 0.15) is 26.6 Å². The van der Waals surface area contributed by atoms with Gasteiger partial charge in [-0.3, -0.25) is 0 Å². The van der Waals surface area contributed by atoms with E-state index in [1.165, 1.54) is 0 Å². The normalized spacial score (nSPS) is 12.3. The van der Waals surface area contributed by atoms with E-state index in [0.717, 1.165) is 34.8 Å². The molecule has 1 aromatic carbocycles. The predicted molar refractivity (Wildman–Crippen MR) is 77.2 cm³/mol. The minimum atomic E-state index is 0.141. The number of hydrogen-bond acceptors (Lipinski definition) is 2. The maximum Gasteiger partial charge on any atom is 0.110 e. The van der Waals surface area contributed by atoms with E-state index in [0.29, 0.717) is 0 Å². The lowest BCUT2D eigenvalue weighted by molar-refractivity contribution is 0.426. The summed E-state index contributed by atoms with van der Waals surface area (Å²) in [4.78, 5) is 4.63. The predicted octanol–water partition coefficient (Wildman–Crippen LogP) is 3.16. The standard InChI is InChI=1S/C14H20ClN3/c1-14(2,3)16-9-8-12-17-11-7-5-6-10(15)13(11)18(12)4/h5-7,16H,8-9H2,1-4H3. The number of rotatable bonds is 3. The SMILES string of the molecule is Cn1c(CCNC(C)(C)C)nc2cccc(Cl)c21. The van der Waals surface area contributed by atoms with Crippen molar-refractivity contribution in [3.8, 4) is 0 Å². The van der Waals surface area contributed by atoms with Gasteiger partial charge < -0.3 is 9.88 Å². The van der Waals surface area contributed by atoms with E-state index >= 15 is 0 Å². The molecule has 0 unspecified atom stereocenters. The quantitative estimate of drug-likeness (QED) is 0.924. The molecule has 3 nitrogen and oxygen atoms in total. The van der Waals surface area contributed by atoms with Crippen molar-refractivity contribution in [3.63, 3.8) is 0 Å². The summed E-state index contributed by atoms with van der Waals surface area (Å²) in [6.45, 7) is 7.41. The van der Waals surface area contributed by atoms with E-state index in [1.807, 2.05) is 25.2 Å². The fraction of sp³-hybridized carbons (Fsp3) is 0.500. The number of imidazole rings is 1. The average Bonchev–Trinajstić information content (AvgIpc) is 2.55. The summed E-state index contributed by atoms with van der Waals surface area (Å²) in [7, 11) is 2.02. The van der Waals surface area contributed by atoms with Gasteiger partial charge in [-0.1, -0.05) is 17.7 Å². The first kappa shape index (κ1) is 13.4. The van der Waals surface area contributed by atoms with Crippen LogP contribution in [0.5, 0.6) is 0 Å². The largest absolute Gasteiger partial charge is 0.330 e. The van der Waals surface area contributed by atoms with Gasteiger partial charge in [-0.15, -0.1) is 0 Å². The molecule has 0 bridgehead atoms. The highest BCUT2D eigenvalue weighted by molar-refractivity contribution is 6.35. The Kier molecular flexibility index (Phi) is 3.64. The van der Waals surface area contributed by atoms with Crippen LogP contribution < -0.4 is 5.32 Å². The molecule has 0 fully saturated rings. The van der Waals surface area contributed by atoms with Crippen LogP contribution in [0.4, 0.5) is 0 Å². The van der Waals surface area contributed by atoms with Crippen molar-refractivity contribution in [1.29, 1.82) is 0 Å². The van der Waals surface area contributed by atoms with Crippen LogP contribution in [-0.4, -0.2) is 21.6 Å². The van der Waals surface area contributed by atoms with E-state index in [1.54, 1.807) is 0 Å². The Morgan fingerprint density at radius 1 is 1.33 bits per heavy atom. The lowest BCUT2D eigenvalue weighted by Gasteiger charge is -2.20. The Bertz CT molecular complexity index is 552. The molecule has 0 aliphatic heterocycles. The number of hydrogen-bond donors (Lipinski definition) is 1. The number of aromatic nitrogens is 2. The Hall–Kier alpha value is -1.06. The molecule has 4 heteroatoms. The fourth-order valence-electron chi connectivity index (χ4n) is 2.04. The molecule has 1 heterocycles. The monoisotopic (exact) mass is 265 g/mol. The first-order chi connectivity index (χ1) is 8.38. The average molecular weight is 266 g/mol. The van der Waals surface area contributed by atoms with Gasteiger partial charge in [0.25, 0.3) is 0 Å². The van der Waals surface area contributed by atoms with E-state index in [2.05, 4.69) is 35.6 Å². The second-order valence-electron chi connectivity index (χ2n) is 5.62. The van der Waals surface area contributed by atoms with Crippen molar-refractivity contribution < 1.29 is 0 Å². The third-order valence-electron chi connectivity index (χ3n) is 2.94. The molecule has 0 saturated carbocycles. The summed E-state index contributed by atoms with van der Waals surface area (Å²) >= 11 is 6.21. The number of nitrogens with zero attached hydrogens (tertiary/aromatic N) is 2. The van der Waals surface area contributed by atoms with Crippen molar-refractivity contribution in [2.75, 3.05) is 6.54 Å². The van der Waals surface area contributed by atoms with Crippen molar-refractivity contribution >= 4 is 22.6 Å². The van der Waals surface area contributed by atoms with Gasteiger partial charge in [-0.05, 0) is 32.9 Å². The van der Waals surface area contributed by atoms with Crippen LogP contribution in [-0.2, 0) is 13.5 Å². The van der Waals surface area contributed by atoms with Crippen LogP contribution in [0.25, 0.3) is 11.0 Å². The molecule has 0 atom stereocenters. The highest BCUT2D eigenvalue weighted by atomic mass is 35.5. The maximum absolute atomic E-state index is 6.21. The van der Waals surface area contributed by atoms with Crippen LogP contribution in [0, 0.1) is 0 Å². The zero-order valence-electron chi connectivity index (χ0n) is 11.4. The van der Waals surface area contributed by atoms with Gasteiger partial charge in [-0.2, -0.15) is 0 Å². The lowest BCUT2D eigenvalue weighted by Crippen LogP contribution is -2.37. The molecule has 18 heavy (non-hydrogen) atoms. The second-order valence-corrected chi connectivity index (χ2v) is 6.03. The van der Waals surface area contributed by atoms with Gasteiger partial charge in [0.15, 0.2) is 0 Å². The van der Waals surface area contributed by atoms with Crippen molar-refractivity contribution in [3.05, 3.63) is 29.0 Å². The highest BCUT2D eigenvalue weighted by Crippen LogP contribution is 2.23. The van der Waals surface area contributed by atoms with E-state index in [-0.39, 0.29) is 5.54 Å². The maximum atomic E-state index is 6.21. The van der Waals surface area contributed by atoms with Crippen molar-refractivity contribution in [2.45, 2.75) is 32.7 Å². The molecule has 1 aromatic heterocycles. The molecular formula is C14H20ClN3. The van der Waals surface area contributed by atoms with Gasteiger partial charge in [0.2, 0.25) is 0 Å². The van der Waals surface area contributed by atoms with Crippen molar-refractivity contribution in [1.82, 2.24) is 14.9 Å². The lowest BCUT2D eigenvalue weighted by atomic mass is 10.1. The van der Waals surface area contributed by atoms with Gasteiger partial charge in [0, 0.05) is 25.6 Å². The van der Waals surface area contributed by atoms with Gasteiger partial charge >= 0.3 is 0 Å². The first-order valence-corrected chi connectivity index (χ1v) is 6.61. The van der Waals surface area contributed by atoms with Crippen LogP contribution in [0.2, 0.25) is 5.02 Å². The van der Waals surface area contributed by atoms with Gasteiger partial charge in [0.05, 0.1) is 16.1 Å². The zero-order valence-corrected chi connectivity index (χ0v) is 12.2. The smallest absolute Gasteiger partial charge is 0.110 e. The Labute approximate surface area is 113 Å². The number of halogens is 1. The Balaban J connectivity index is 2.20. The van der Waals surface area contributed by atoms with E-state index in [4.69, 9.17) is 11.6 Å². The summed E-state index contributed by atoms with van der Waals surface area (Å²) in [5, 5.41) is 4.23. The molecule has 0 aliphatic carbocycles.